The number of nitrogens with one attached hydrogen (secondary N) is 1. The number of benzene rings is 3. The summed E-state index contributed by atoms with van der Waals surface area (Å²) in [7, 11) is 0. The summed E-state index contributed by atoms with van der Waals surface area (Å²) in [5.41, 5.74) is 4.34. The Morgan fingerprint density at radius 2 is 1.50 bits per heavy atom. The van der Waals surface area contributed by atoms with E-state index in [-0.39, 0.29) is 48.8 Å². The first kappa shape index (κ1) is 24.7. The number of hydrogen-bond acceptors (Lipinski definition) is 5. The van der Waals surface area contributed by atoms with E-state index in [1.54, 1.807) is 12.1 Å². The van der Waals surface area contributed by atoms with Crippen molar-refractivity contribution in [2.24, 2.45) is 0 Å². The molecular formula is C32H30N4O4. The smallest absolute Gasteiger partial charge is 0.255 e. The number of carbonyl (C=O) groups excluding carboxylic acids is 4. The van der Waals surface area contributed by atoms with Crippen molar-refractivity contribution in [3.63, 3.8) is 0 Å². The van der Waals surface area contributed by atoms with Gasteiger partial charge in [-0.3, -0.25) is 29.4 Å². The third kappa shape index (κ3) is 4.10. The summed E-state index contributed by atoms with van der Waals surface area (Å²) in [5.74, 6) is -0.980. The topological polar surface area (TPSA) is 90.0 Å². The molecule has 5 aliphatic rings. The summed E-state index contributed by atoms with van der Waals surface area (Å²) in [4.78, 5) is 56.7. The van der Waals surface area contributed by atoms with Crippen molar-refractivity contribution in [1.82, 2.24) is 20.0 Å². The number of amides is 4. The first-order valence-corrected chi connectivity index (χ1v) is 13.9. The van der Waals surface area contributed by atoms with E-state index in [1.165, 1.54) is 16.0 Å². The minimum Gasteiger partial charge on any atom is -0.330 e. The van der Waals surface area contributed by atoms with Gasteiger partial charge in [0, 0.05) is 49.3 Å². The molecule has 0 radical (unpaired) electrons. The lowest BCUT2D eigenvalue weighted by molar-refractivity contribution is -0.136. The molecule has 202 valence electrons. The van der Waals surface area contributed by atoms with Crippen LogP contribution in [0.15, 0.2) is 78.9 Å². The van der Waals surface area contributed by atoms with Gasteiger partial charge in [0.1, 0.15) is 6.04 Å². The van der Waals surface area contributed by atoms with Crippen LogP contribution in [0, 0.1) is 0 Å². The minimum absolute atomic E-state index is 0.00780. The average Bonchev–Trinajstić information content (AvgIpc) is 3.29. The van der Waals surface area contributed by atoms with Crippen molar-refractivity contribution in [3.05, 3.63) is 107 Å². The lowest BCUT2D eigenvalue weighted by Crippen LogP contribution is -2.70. The summed E-state index contributed by atoms with van der Waals surface area (Å²) in [6, 6.07) is 26.0. The van der Waals surface area contributed by atoms with E-state index >= 15 is 0 Å². The fraction of sp³-hybridized carbons (Fsp3) is 0.312. The zero-order chi connectivity index (χ0) is 27.4. The molecule has 3 aromatic carbocycles. The molecule has 5 heterocycles. The van der Waals surface area contributed by atoms with E-state index in [2.05, 4.69) is 58.7 Å². The van der Waals surface area contributed by atoms with Crippen molar-refractivity contribution in [3.8, 4) is 0 Å². The van der Waals surface area contributed by atoms with Crippen LogP contribution in [0.25, 0.3) is 0 Å². The van der Waals surface area contributed by atoms with Gasteiger partial charge in [-0.1, -0.05) is 60.7 Å². The van der Waals surface area contributed by atoms with Crippen LogP contribution in [0.3, 0.4) is 0 Å². The van der Waals surface area contributed by atoms with Crippen LogP contribution in [0.2, 0.25) is 0 Å². The average molecular weight is 535 g/mol. The summed E-state index contributed by atoms with van der Waals surface area (Å²) >= 11 is 0. The lowest BCUT2D eigenvalue weighted by Gasteiger charge is -2.57. The van der Waals surface area contributed by atoms with Crippen LogP contribution in [0.5, 0.6) is 0 Å². The van der Waals surface area contributed by atoms with Gasteiger partial charge in [-0.05, 0) is 47.7 Å². The summed E-state index contributed by atoms with van der Waals surface area (Å²) in [6.45, 7) is 1.85. The van der Waals surface area contributed by atoms with E-state index in [9.17, 15) is 19.2 Å². The maximum atomic E-state index is 13.7. The normalized spacial score (nSPS) is 24.1. The van der Waals surface area contributed by atoms with Crippen LogP contribution in [-0.2, 0) is 16.1 Å². The van der Waals surface area contributed by atoms with Gasteiger partial charge >= 0.3 is 0 Å². The fourth-order valence-electron chi connectivity index (χ4n) is 6.93. The Balaban J connectivity index is 1.08. The number of piperazine rings is 1. The van der Waals surface area contributed by atoms with Gasteiger partial charge < -0.3 is 9.80 Å². The van der Waals surface area contributed by atoms with Gasteiger partial charge in [-0.15, -0.1) is 0 Å². The number of carbonyl (C=O) groups is 4. The molecule has 3 aromatic rings. The second kappa shape index (κ2) is 9.71. The predicted molar refractivity (Wildman–Crippen MR) is 147 cm³/mol. The SMILES string of the molecule is O=C1CCC(N2Cc3cc(C(=O)N4C5CC4CN(C(c4ccccc4)c4ccccc4)C5)ccc3C2=O)C(=O)N1. The second-order valence-electron chi connectivity index (χ2n) is 11.2. The van der Waals surface area contributed by atoms with Crippen LogP contribution in [0.4, 0.5) is 0 Å². The molecular weight excluding hydrogens is 504 g/mol. The Kier molecular flexibility index (Phi) is 6.00. The number of piperidine rings is 2. The second-order valence-corrected chi connectivity index (χ2v) is 11.2. The maximum Gasteiger partial charge on any atom is 0.255 e. The van der Waals surface area contributed by atoms with Crippen molar-refractivity contribution in [2.75, 3.05) is 13.1 Å². The van der Waals surface area contributed by atoms with E-state index in [1.807, 2.05) is 23.1 Å². The third-order valence-corrected chi connectivity index (χ3v) is 8.82. The molecule has 8 heteroatoms. The zero-order valence-corrected chi connectivity index (χ0v) is 22.0. The van der Waals surface area contributed by atoms with Crippen molar-refractivity contribution in [2.45, 2.75) is 50.0 Å². The predicted octanol–water partition coefficient (Wildman–Crippen LogP) is 3.14. The first-order valence-electron chi connectivity index (χ1n) is 13.9. The van der Waals surface area contributed by atoms with Crippen molar-refractivity contribution < 1.29 is 19.2 Å². The molecule has 3 atom stereocenters. The van der Waals surface area contributed by atoms with Gasteiger partial charge in [0.25, 0.3) is 11.8 Å². The van der Waals surface area contributed by atoms with Crippen LogP contribution < -0.4 is 5.32 Å². The summed E-state index contributed by atoms with van der Waals surface area (Å²) < 4.78 is 0. The molecule has 8 rings (SSSR count). The number of fused-ring (bicyclic) bond motifs is 3. The van der Waals surface area contributed by atoms with Crippen LogP contribution in [0.1, 0.15) is 62.7 Å². The molecule has 1 N–H and O–H groups in total. The summed E-state index contributed by atoms with van der Waals surface area (Å²) in [6.07, 6.45) is 1.52. The molecule has 0 spiro atoms. The zero-order valence-electron chi connectivity index (χ0n) is 22.0. The van der Waals surface area contributed by atoms with Gasteiger partial charge in [0.05, 0.1) is 6.04 Å². The summed E-state index contributed by atoms with van der Waals surface area (Å²) in [5, 5.41) is 2.33. The van der Waals surface area contributed by atoms with E-state index < -0.39 is 11.9 Å². The highest BCUT2D eigenvalue weighted by Crippen LogP contribution is 2.40. The Morgan fingerprint density at radius 3 is 2.12 bits per heavy atom. The molecule has 0 aromatic heterocycles. The molecule has 40 heavy (non-hydrogen) atoms. The maximum absolute atomic E-state index is 13.7. The fourth-order valence-corrected chi connectivity index (χ4v) is 6.93. The highest BCUT2D eigenvalue weighted by atomic mass is 16.2. The molecule has 0 aliphatic carbocycles. The van der Waals surface area contributed by atoms with E-state index in [0.29, 0.717) is 17.5 Å². The third-order valence-electron chi connectivity index (χ3n) is 8.82. The Hall–Kier alpha value is -4.30. The van der Waals surface area contributed by atoms with E-state index in [0.717, 1.165) is 25.1 Å². The Bertz CT molecular complexity index is 1460. The highest BCUT2D eigenvalue weighted by molar-refractivity contribution is 6.06. The molecule has 5 aliphatic heterocycles. The largest absolute Gasteiger partial charge is 0.330 e. The number of rotatable bonds is 5. The molecule has 0 saturated carbocycles. The van der Waals surface area contributed by atoms with Crippen molar-refractivity contribution >= 4 is 23.6 Å². The molecule has 4 fully saturated rings. The first-order chi connectivity index (χ1) is 19.5. The van der Waals surface area contributed by atoms with Gasteiger partial charge in [-0.25, -0.2) is 0 Å². The Labute approximate surface area is 232 Å². The molecule has 4 amide bonds. The highest BCUT2D eigenvalue weighted by Gasteiger charge is 2.49. The van der Waals surface area contributed by atoms with Gasteiger partial charge in [0.2, 0.25) is 11.8 Å². The molecule has 3 unspecified atom stereocenters. The number of hydrogen-bond donors (Lipinski definition) is 1. The van der Waals surface area contributed by atoms with Crippen LogP contribution >= 0.6 is 0 Å². The van der Waals surface area contributed by atoms with Gasteiger partial charge in [-0.2, -0.15) is 0 Å². The molecule has 8 nitrogen and oxygen atoms in total. The van der Waals surface area contributed by atoms with E-state index in [4.69, 9.17) is 0 Å². The monoisotopic (exact) mass is 534 g/mol. The van der Waals surface area contributed by atoms with Crippen molar-refractivity contribution in [1.29, 1.82) is 0 Å². The standard InChI is InChI=1S/C32H30N4O4/c37-28-14-13-27(30(38)33-28)35-17-23-15-22(11-12-26(23)32(35)40)31(39)36-24-16-25(36)19-34(18-24)29(20-7-3-1-4-8-20)21-9-5-2-6-10-21/h1-12,15,24-25,27,29H,13-14,16-19H2,(H,33,37,38). The minimum atomic E-state index is -0.667. The van der Waals surface area contributed by atoms with Crippen LogP contribution in [-0.4, -0.2) is 69.5 Å². The molecule has 4 saturated heterocycles. The molecule has 2 bridgehead atoms. The van der Waals surface area contributed by atoms with Gasteiger partial charge in [0.15, 0.2) is 0 Å². The lowest BCUT2D eigenvalue weighted by atomic mass is 9.84. The number of imide groups is 1. The number of nitrogens with zero attached hydrogens (tertiary/aromatic N) is 3. The Morgan fingerprint density at radius 1 is 0.850 bits per heavy atom. The quantitative estimate of drug-likeness (QED) is 0.508.